The van der Waals surface area contributed by atoms with E-state index in [1.807, 2.05) is 66.7 Å². The minimum atomic E-state index is -1.07. The van der Waals surface area contributed by atoms with Crippen molar-refractivity contribution >= 4 is 29.4 Å². The number of nitrogens with zero attached hydrogens (tertiary/aromatic N) is 2. The summed E-state index contributed by atoms with van der Waals surface area (Å²) < 4.78 is 5.98. The van der Waals surface area contributed by atoms with E-state index in [1.54, 1.807) is 24.3 Å². The number of aromatic carboxylic acids is 1. The predicted octanol–water partition coefficient (Wildman–Crippen LogP) is 5.48. The summed E-state index contributed by atoms with van der Waals surface area (Å²) in [6.45, 7) is 0. The molecule has 3 aromatic carbocycles. The van der Waals surface area contributed by atoms with Crippen LogP contribution in [0.15, 0.2) is 112 Å². The molecule has 2 heterocycles. The van der Waals surface area contributed by atoms with E-state index in [4.69, 9.17) is 4.42 Å². The number of hydrogen-bond acceptors (Lipinski definition) is 4. The van der Waals surface area contributed by atoms with Crippen molar-refractivity contribution in [3.05, 3.63) is 120 Å². The third kappa shape index (κ3) is 3.97. The molecule has 1 aliphatic rings. The Kier molecular flexibility index (Phi) is 5.16. The monoisotopic (exact) mass is 434 g/mol. The summed E-state index contributed by atoms with van der Waals surface area (Å²) in [5, 5.41) is 15.1. The van der Waals surface area contributed by atoms with Crippen LogP contribution in [0.3, 0.4) is 0 Å². The van der Waals surface area contributed by atoms with Gasteiger partial charge in [-0.1, -0.05) is 66.7 Å². The van der Waals surface area contributed by atoms with Gasteiger partial charge in [0.1, 0.15) is 17.2 Å². The quantitative estimate of drug-likeness (QED) is 0.422. The van der Waals surface area contributed by atoms with E-state index in [2.05, 4.69) is 5.10 Å². The van der Waals surface area contributed by atoms with Crippen LogP contribution in [0.25, 0.3) is 17.4 Å². The number of hydrogen-bond donors (Lipinski definition) is 1. The highest BCUT2D eigenvalue weighted by Crippen LogP contribution is 2.30. The lowest BCUT2D eigenvalue weighted by atomic mass is 10.0. The van der Waals surface area contributed by atoms with Gasteiger partial charge in [-0.15, -0.1) is 0 Å². The van der Waals surface area contributed by atoms with Crippen LogP contribution in [0.2, 0.25) is 0 Å². The van der Waals surface area contributed by atoms with Crippen molar-refractivity contribution in [1.29, 1.82) is 0 Å². The molecule has 0 spiro atoms. The number of carbonyl (C=O) groups excluding carboxylic acids is 1. The number of carboxylic acid groups (broad SMARTS) is 1. The SMILES string of the molecule is O=C(O)c1cccc(N2N=C(c3ccccc3)/C(=C/c3ccc(-c4ccccc4)o3)C2=O)c1. The Morgan fingerprint density at radius 3 is 2.24 bits per heavy atom. The molecule has 6 heteroatoms. The van der Waals surface area contributed by atoms with Crippen molar-refractivity contribution in [2.45, 2.75) is 0 Å². The Bertz CT molecular complexity index is 1400. The molecule has 1 amide bonds. The van der Waals surface area contributed by atoms with Gasteiger partial charge in [-0.3, -0.25) is 4.79 Å². The van der Waals surface area contributed by atoms with E-state index < -0.39 is 5.97 Å². The first kappa shape index (κ1) is 20.2. The third-order valence-corrected chi connectivity index (χ3v) is 5.23. The Labute approximate surface area is 189 Å². The summed E-state index contributed by atoms with van der Waals surface area (Å²) in [5.41, 5.74) is 3.00. The molecule has 1 aromatic heterocycles. The van der Waals surface area contributed by atoms with E-state index in [9.17, 15) is 14.7 Å². The van der Waals surface area contributed by atoms with Crippen LogP contribution in [0.4, 0.5) is 5.69 Å². The van der Waals surface area contributed by atoms with Gasteiger partial charge in [0.2, 0.25) is 0 Å². The molecular weight excluding hydrogens is 416 g/mol. The lowest BCUT2D eigenvalue weighted by Crippen LogP contribution is -2.21. The van der Waals surface area contributed by atoms with Gasteiger partial charge in [0.25, 0.3) is 5.91 Å². The van der Waals surface area contributed by atoms with E-state index in [1.165, 1.54) is 17.1 Å². The van der Waals surface area contributed by atoms with Crippen molar-refractivity contribution < 1.29 is 19.1 Å². The van der Waals surface area contributed by atoms with Crippen LogP contribution in [0.5, 0.6) is 0 Å². The number of amides is 1. The maximum absolute atomic E-state index is 13.4. The van der Waals surface area contributed by atoms with E-state index in [0.29, 0.717) is 28.5 Å². The third-order valence-electron chi connectivity index (χ3n) is 5.23. The first-order chi connectivity index (χ1) is 16.1. The van der Waals surface area contributed by atoms with Gasteiger partial charge < -0.3 is 9.52 Å². The van der Waals surface area contributed by atoms with Crippen LogP contribution >= 0.6 is 0 Å². The summed E-state index contributed by atoms with van der Waals surface area (Å²) in [6.07, 6.45) is 1.67. The number of anilines is 1. The highest BCUT2D eigenvalue weighted by molar-refractivity contribution is 6.37. The lowest BCUT2D eigenvalue weighted by molar-refractivity contribution is -0.114. The number of benzene rings is 3. The van der Waals surface area contributed by atoms with Gasteiger partial charge in [0.05, 0.1) is 16.8 Å². The molecule has 4 aromatic rings. The van der Waals surface area contributed by atoms with Crippen molar-refractivity contribution in [3.8, 4) is 11.3 Å². The maximum atomic E-state index is 13.4. The highest BCUT2D eigenvalue weighted by atomic mass is 16.4. The zero-order chi connectivity index (χ0) is 22.8. The smallest absolute Gasteiger partial charge is 0.335 e. The molecule has 1 N–H and O–H groups in total. The molecule has 5 rings (SSSR count). The summed E-state index contributed by atoms with van der Waals surface area (Å²) in [5.74, 6) is -0.233. The van der Waals surface area contributed by atoms with Gasteiger partial charge >= 0.3 is 5.97 Å². The van der Waals surface area contributed by atoms with Gasteiger partial charge in [0.15, 0.2) is 0 Å². The second-order valence-corrected chi connectivity index (χ2v) is 7.41. The molecule has 0 unspecified atom stereocenters. The number of carboxylic acids is 1. The maximum Gasteiger partial charge on any atom is 0.335 e. The lowest BCUT2D eigenvalue weighted by Gasteiger charge is -2.12. The zero-order valence-corrected chi connectivity index (χ0v) is 17.4. The summed E-state index contributed by atoms with van der Waals surface area (Å²) in [4.78, 5) is 24.8. The first-order valence-corrected chi connectivity index (χ1v) is 10.3. The average Bonchev–Trinajstić information content (AvgIpc) is 3.45. The fourth-order valence-electron chi connectivity index (χ4n) is 3.63. The van der Waals surface area contributed by atoms with Crippen molar-refractivity contribution in [1.82, 2.24) is 0 Å². The normalized spacial score (nSPS) is 14.5. The largest absolute Gasteiger partial charge is 0.478 e. The Morgan fingerprint density at radius 1 is 0.848 bits per heavy atom. The van der Waals surface area contributed by atoms with Crippen LogP contribution in [-0.4, -0.2) is 22.7 Å². The molecule has 0 fully saturated rings. The van der Waals surface area contributed by atoms with Gasteiger partial charge in [0, 0.05) is 11.1 Å². The van der Waals surface area contributed by atoms with Crippen LogP contribution < -0.4 is 5.01 Å². The molecule has 0 radical (unpaired) electrons. The molecule has 160 valence electrons. The number of carbonyl (C=O) groups is 2. The molecule has 0 atom stereocenters. The second-order valence-electron chi connectivity index (χ2n) is 7.41. The van der Waals surface area contributed by atoms with E-state index in [-0.39, 0.29) is 11.5 Å². The molecule has 6 nitrogen and oxygen atoms in total. The molecule has 0 saturated heterocycles. The fourth-order valence-corrected chi connectivity index (χ4v) is 3.63. The Balaban J connectivity index is 1.57. The van der Waals surface area contributed by atoms with Crippen molar-refractivity contribution in [3.63, 3.8) is 0 Å². The summed E-state index contributed by atoms with van der Waals surface area (Å²) in [7, 11) is 0. The van der Waals surface area contributed by atoms with Crippen LogP contribution in [-0.2, 0) is 4.79 Å². The summed E-state index contributed by atoms with van der Waals surface area (Å²) >= 11 is 0. The highest BCUT2D eigenvalue weighted by Gasteiger charge is 2.32. The predicted molar refractivity (Wildman–Crippen MR) is 126 cm³/mol. The van der Waals surface area contributed by atoms with E-state index in [0.717, 1.165) is 11.1 Å². The minimum Gasteiger partial charge on any atom is -0.478 e. The average molecular weight is 434 g/mol. The topological polar surface area (TPSA) is 83.1 Å². The molecule has 0 bridgehead atoms. The van der Waals surface area contributed by atoms with Gasteiger partial charge in [-0.05, 0) is 36.4 Å². The van der Waals surface area contributed by atoms with Gasteiger partial charge in [-0.25, -0.2) is 4.79 Å². The fraction of sp³-hybridized carbons (Fsp3) is 0. The van der Waals surface area contributed by atoms with Crippen molar-refractivity contribution in [2.75, 3.05) is 5.01 Å². The summed E-state index contributed by atoms with van der Waals surface area (Å²) in [6, 6.07) is 28.9. The number of rotatable bonds is 5. The molecule has 1 aliphatic heterocycles. The molecule has 0 saturated carbocycles. The van der Waals surface area contributed by atoms with Crippen molar-refractivity contribution in [2.24, 2.45) is 5.10 Å². The van der Waals surface area contributed by atoms with Crippen LogP contribution in [0, 0.1) is 0 Å². The number of furan rings is 1. The van der Waals surface area contributed by atoms with Gasteiger partial charge in [-0.2, -0.15) is 10.1 Å². The Morgan fingerprint density at radius 2 is 1.55 bits per heavy atom. The van der Waals surface area contributed by atoms with E-state index >= 15 is 0 Å². The van der Waals surface area contributed by atoms with Crippen LogP contribution in [0.1, 0.15) is 21.7 Å². The molecular formula is C27H18N2O4. The Hall–Kier alpha value is -4.71. The zero-order valence-electron chi connectivity index (χ0n) is 17.4. The molecule has 0 aliphatic carbocycles. The second kappa shape index (κ2) is 8.43. The first-order valence-electron chi connectivity index (χ1n) is 10.3. The minimum absolute atomic E-state index is 0.0766. The molecule has 33 heavy (non-hydrogen) atoms. The standard InChI is InChI=1S/C27H18N2O4/c30-26-23(17-22-14-15-24(33-22)18-8-3-1-4-9-18)25(19-10-5-2-6-11-19)28-29(26)21-13-7-12-20(16-21)27(31)32/h1-17H,(H,31,32)/b23-17-. The number of hydrazone groups is 1.